The van der Waals surface area contributed by atoms with Gasteiger partial charge in [0, 0.05) is 25.1 Å². The summed E-state index contributed by atoms with van der Waals surface area (Å²) in [5.41, 5.74) is 0. The smallest absolute Gasteiger partial charge is 0.306 e. The van der Waals surface area contributed by atoms with Crippen LogP contribution in [-0.2, 0) is 9.59 Å². The van der Waals surface area contributed by atoms with E-state index in [1.165, 1.54) is 0 Å². The molecule has 0 bridgehead atoms. The van der Waals surface area contributed by atoms with Gasteiger partial charge in [-0.05, 0) is 44.9 Å². The molecule has 1 saturated carbocycles. The van der Waals surface area contributed by atoms with Crippen molar-refractivity contribution in [3.8, 4) is 0 Å². The maximum atomic E-state index is 12.5. The number of carbonyl (C=O) groups is 2. The second-order valence-electron chi connectivity index (χ2n) is 5.74. The monoisotopic (exact) mass is 269 g/mol. The molecule has 5 heteroatoms. The predicted octanol–water partition coefficient (Wildman–Crippen LogP) is 1.25. The molecule has 1 heterocycles. The minimum atomic E-state index is -0.777. The van der Waals surface area contributed by atoms with Gasteiger partial charge in [-0.1, -0.05) is 0 Å². The lowest BCUT2D eigenvalue weighted by Gasteiger charge is -2.37. The van der Waals surface area contributed by atoms with Crippen LogP contribution in [0.25, 0.3) is 0 Å². The molecule has 108 valence electrons. The second kappa shape index (κ2) is 6.37. The van der Waals surface area contributed by atoms with Crippen molar-refractivity contribution in [1.82, 2.24) is 4.90 Å². The van der Waals surface area contributed by atoms with Crippen LogP contribution in [0.15, 0.2) is 0 Å². The zero-order valence-electron chi connectivity index (χ0n) is 11.3. The standard InChI is InChI=1S/C14H23NO4/c16-8-6-12-3-1-2-7-15(12)13(17)10-4-5-11(9-10)14(18)19/h10-12,16H,1-9H2,(H,18,19). The molecule has 2 N–H and O–H groups in total. The van der Waals surface area contributed by atoms with Crippen LogP contribution in [0.3, 0.4) is 0 Å². The van der Waals surface area contributed by atoms with Crippen molar-refractivity contribution in [2.45, 2.75) is 51.0 Å². The van der Waals surface area contributed by atoms with Gasteiger partial charge in [0.25, 0.3) is 0 Å². The number of rotatable bonds is 4. The summed E-state index contributed by atoms with van der Waals surface area (Å²) in [6, 6.07) is 0.148. The van der Waals surface area contributed by atoms with Gasteiger partial charge in [-0.3, -0.25) is 9.59 Å². The van der Waals surface area contributed by atoms with Crippen molar-refractivity contribution >= 4 is 11.9 Å². The Morgan fingerprint density at radius 1 is 1.11 bits per heavy atom. The van der Waals surface area contributed by atoms with E-state index in [9.17, 15) is 9.59 Å². The number of carboxylic acid groups (broad SMARTS) is 1. The van der Waals surface area contributed by atoms with Gasteiger partial charge in [0.15, 0.2) is 0 Å². The molecule has 1 amide bonds. The average molecular weight is 269 g/mol. The molecule has 2 rings (SSSR count). The molecule has 5 nitrogen and oxygen atoms in total. The van der Waals surface area contributed by atoms with E-state index in [2.05, 4.69) is 0 Å². The molecule has 0 aromatic rings. The fourth-order valence-electron chi connectivity index (χ4n) is 3.40. The first kappa shape index (κ1) is 14.3. The molecule has 1 saturated heterocycles. The van der Waals surface area contributed by atoms with E-state index < -0.39 is 5.97 Å². The number of carboxylic acids is 1. The van der Waals surface area contributed by atoms with Gasteiger partial charge < -0.3 is 15.1 Å². The maximum absolute atomic E-state index is 12.5. The van der Waals surface area contributed by atoms with Gasteiger partial charge in [-0.2, -0.15) is 0 Å². The highest BCUT2D eigenvalue weighted by Crippen LogP contribution is 2.34. The number of amides is 1. The molecular weight excluding hydrogens is 246 g/mol. The number of aliphatic hydroxyl groups is 1. The number of aliphatic hydroxyl groups excluding tert-OH is 1. The molecule has 0 spiro atoms. The van der Waals surface area contributed by atoms with E-state index in [0.717, 1.165) is 25.8 Å². The first-order valence-electron chi connectivity index (χ1n) is 7.27. The second-order valence-corrected chi connectivity index (χ2v) is 5.74. The topological polar surface area (TPSA) is 77.8 Å². The molecule has 0 aromatic heterocycles. The third kappa shape index (κ3) is 3.26. The highest BCUT2D eigenvalue weighted by Gasteiger charge is 2.38. The Labute approximate surface area is 113 Å². The lowest BCUT2D eigenvalue weighted by atomic mass is 9.96. The minimum Gasteiger partial charge on any atom is -0.481 e. The summed E-state index contributed by atoms with van der Waals surface area (Å²) in [4.78, 5) is 25.4. The molecule has 0 radical (unpaired) electrons. The summed E-state index contributed by atoms with van der Waals surface area (Å²) in [6.07, 6.45) is 5.51. The van der Waals surface area contributed by atoms with Crippen LogP contribution < -0.4 is 0 Å². The number of carbonyl (C=O) groups excluding carboxylic acids is 1. The number of nitrogens with zero attached hydrogens (tertiary/aromatic N) is 1. The summed E-state index contributed by atoms with van der Waals surface area (Å²) >= 11 is 0. The Kier molecular flexibility index (Phi) is 4.80. The van der Waals surface area contributed by atoms with Crippen LogP contribution in [0.4, 0.5) is 0 Å². The van der Waals surface area contributed by atoms with Crippen LogP contribution in [-0.4, -0.2) is 46.2 Å². The molecule has 2 aliphatic rings. The minimum absolute atomic E-state index is 0.108. The molecule has 0 aromatic carbocycles. The lowest BCUT2D eigenvalue weighted by molar-refractivity contribution is -0.142. The lowest BCUT2D eigenvalue weighted by Crippen LogP contribution is -2.46. The summed E-state index contributed by atoms with van der Waals surface area (Å²) in [5, 5.41) is 18.1. The maximum Gasteiger partial charge on any atom is 0.306 e. The number of hydrogen-bond acceptors (Lipinski definition) is 3. The van der Waals surface area contributed by atoms with Crippen LogP contribution in [0.2, 0.25) is 0 Å². The third-order valence-electron chi connectivity index (χ3n) is 4.50. The molecule has 3 atom stereocenters. The Morgan fingerprint density at radius 2 is 1.84 bits per heavy atom. The third-order valence-corrected chi connectivity index (χ3v) is 4.50. The van der Waals surface area contributed by atoms with E-state index in [-0.39, 0.29) is 30.4 Å². The molecule has 1 aliphatic carbocycles. The molecule has 1 aliphatic heterocycles. The first-order chi connectivity index (χ1) is 9.13. The molecule has 2 fully saturated rings. The number of likely N-dealkylation sites (tertiary alicyclic amines) is 1. The number of piperidine rings is 1. The zero-order valence-corrected chi connectivity index (χ0v) is 11.3. The van der Waals surface area contributed by atoms with Gasteiger partial charge in [0.1, 0.15) is 0 Å². The van der Waals surface area contributed by atoms with Gasteiger partial charge in [0.05, 0.1) is 5.92 Å². The summed E-state index contributed by atoms with van der Waals surface area (Å²) in [7, 11) is 0. The fraction of sp³-hybridized carbons (Fsp3) is 0.857. The Bertz CT molecular complexity index is 342. The van der Waals surface area contributed by atoms with E-state index in [0.29, 0.717) is 25.7 Å². The Morgan fingerprint density at radius 3 is 2.47 bits per heavy atom. The normalized spacial score (nSPS) is 31.4. The predicted molar refractivity (Wildman–Crippen MR) is 69.5 cm³/mol. The zero-order chi connectivity index (χ0) is 13.8. The van der Waals surface area contributed by atoms with Crippen molar-refractivity contribution in [2.24, 2.45) is 11.8 Å². The van der Waals surface area contributed by atoms with E-state index in [4.69, 9.17) is 10.2 Å². The van der Waals surface area contributed by atoms with E-state index in [1.54, 1.807) is 0 Å². The fourth-order valence-corrected chi connectivity index (χ4v) is 3.40. The van der Waals surface area contributed by atoms with Crippen molar-refractivity contribution in [1.29, 1.82) is 0 Å². The summed E-state index contributed by atoms with van der Waals surface area (Å²) in [6.45, 7) is 0.870. The number of aliphatic carboxylic acids is 1. The summed E-state index contributed by atoms with van der Waals surface area (Å²) < 4.78 is 0. The van der Waals surface area contributed by atoms with Crippen molar-refractivity contribution in [3.63, 3.8) is 0 Å². The highest BCUT2D eigenvalue weighted by molar-refractivity contribution is 5.81. The Hall–Kier alpha value is -1.10. The van der Waals surface area contributed by atoms with Gasteiger partial charge >= 0.3 is 5.97 Å². The van der Waals surface area contributed by atoms with E-state index in [1.807, 2.05) is 4.90 Å². The SMILES string of the molecule is O=C(O)C1CCC(C(=O)N2CCCCC2CCO)C1. The molecule has 3 unspecified atom stereocenters. The van der Waals surface area contributed by atoms with Crippen molar-refractivity contribution in [2.75, 3.05) is 13.2 Å². The van der Waals surface area contributed by atoms with Gasteiger partial charge in [-0.15, -0.1) is 0 Å². The largest absolute Gasteiger partial charge is 0.481 e. The summed E-state index contributed by atoms with van der Waals surface area (Å²) in [5.74, 6) is -1.14. The average Bonchev–Trinajstić information content (AvgIpc) is 2.89. The first-order valence-corrected chi connectivity index (χ1v) is 7.27. The van der Waals surface area contributed by atoms with Crippen LogP contribution >= 0.6 is 0 Å². The quantitative estimate of drug-likeness (QED) is 0.805. The van der Waals surface area contributed by atoms with Crippen LogP contribution in [0.1, 0.15) is 44.9 Å². The Balaban J connectivity index is 1.96. The van der Waals surface area contributed by atoms with E-state index >= 15 is 0 Å². The highest BCUT2D eigenvalue weighted by atomic mass is 16.4. The van der Waals surface area contributed by atoms with Crippen LogP contribution in [0, 0.1) is 11.8 Å². The van der Waals surface area contributed by atoms with Crippen LogP contribution in [0.5, 0.6) is 0 Å². The van der Waals surface area contributed by atoms with Gasteiger partial charge in [-0.25, -0.2) is 0 Å². The van der Waals surface area contributed by atoms with Gasteiger partial charge in [0.2, 0.25) is 5.91 Å². The van der Waals surface area contributed by atoms with Crippen molar-refractivity contribution in [3.05, 3.63) is 0 Å². The molecule has 19 heavy (non-hydrogen) atoms. The molecular formula is C14H23NO4. The van der Waals surface area contributed by atoms with Crippen molar-refractivity contribution < 1.29 is 19.8 Å². The number of hydrogen-bond donors (Lipinski definition) is 2.